The van der Waals surface area contributed by atoms with E-state index >= 15 is 0 Å². The molecule has 3 heterocycles. The molecule has 0 bridgehead atoms. The van der Waals surface area contributed by atoms with Gasteiger partial charge in [-0.3, -0.25) is 14.6 Å². The van der Waals surface area contributed by atoms with Gasteiger partial charge in [-0.2, -0.15) is 5.26 Å². The van der Waals surface area contributed by atoms with Crippen molar-refractivity contribution in [2.75, 3.05) is 32.8 Å². The summed E-state index contributed by atoms with van der Waals surface area (Å²) in [5.41, 5.74) is 5.74. The Morgan fingerprint density at radius 2 is 1.98 bits per heavy atom. The van der Waals surface area contributed by atoms with Crippen molar-refractivity contribution in [2.24, 2.45) is 5.92 Å². The Labute approximate surface area is 297 Å². The summed E-state index contributed by atoms with van der Waals surface area (Å²) >= 11 is 9.27. The molecule has 0 amide bonds. The van der Waals surface area contributed by atoms with Gasteiger partial charge in [0.2, 0.25) is 0 Å². The molecule has 10 heteroatoms. The zero-order valence-corrected chi connectivity index (χ0v) is 29.2. The number of fused-ring (bicyclic) bond motifs is 1. The van der Waals surface area contributed by atoms with Crippen LogP contribution in [-0.2, 0) is 17.8 Å². The first kappa shape index (κ1) is 33.8. The minimum Gasteiger partial charge on any atom is -0.490 e. The van der Waals surface area contributed by atoms with Crippen LogP contribution in [0, 0.1) is 17.2 Å². The summed E-state index contributed by atoms with van der Waals surface area (Å²) in [5, 5.41) is 30.8. The van der Waals surface area contributed by atoms with Gasteiger partial charge in [0, 0.05) is 38.4 Å². The molecule has 49 heavy (non-hydrogen) atoms. The molecule has 4 unspecified atom stereocenters. The number of likely N-dealkylation sites (tertiary alicyclic amines) is 2. The second-order valence-electron chi connectivity index (χ2n) is 13.8. The Morgan fingerprint density at radius 3 is 2.71 bits per heavy atom. The number of carboxylic acids is 1. The van der Waals surface area contributed by atoms with Crippen LogP contribution in [0.1, 0.15) is 60.0 Å². The number of nitriles is 1. The van der Waals surface area contributed by atoms with Gasteiger partial charge in [-0.1, -0.05) is 66.4 Å². The summed E-state index contributed by atoms with van der Waals surface area (Å²) in [4.78, 5) is 20.0. The Balaban J connectivity index is 1.18. The molecule has 0 radical (unpaired) electrons. The Bertz CT molecular complexity index is 1830. The number of benzene rings is 2. The Morgan fingerprint density at radius 1 is 1.14 bits per heavy atom. The van der Waals surface area contributed by atoms with Crippen molar-refractivity contribution in [3.8, 4) is 11.8 Å². The summed E-state index contributed by atoms with van der Waals surface area (Å²) in [5.74, 6) is -0.560. The van der Waals surface area contributed by atoms with E-state index in [0.717, 1.165) is 71.7 Å². The number of allylic oxidation sites excluding steroid dienone is 3. The number of thioether (sulfide) groups is 1. The van der Waals surface area contributed by atoms with Crippen LogP contribution in [0.25, 0.3) is 5.57 Å². The lowest BCUT2D eigenvalue weighted by atomic mass is 9.79. The summed E-state index contributed by atoms with van der Waals surface area (Å²) in [6.45, 7) is 5.75. The molecule has 0 spiro atoms. The minimum atomic E-state index is -0.921. The van der Waals surface area contributed by atoms with Crippen LogP contribution in [0.2, 0.25) is 0 Å². The third-order valence-corrected chi connectivity index (χ3v) is 12.8. The predicted molar refractivity (Wildman–Crippen MR) is 192 cm³/mol. The molecule has 1 aromatic heterocycles. The Kier molecular flexibility index (Phi) is 9.62. The first-order chi connectivity index (χ1) is 23.7. The number of hydrogen-bond donors (Lipinski definition) is 2. The second kappa shape index (κ2) is 13.9. The van der Waals surface area contributed by atoms with Crippen molar-refractivity contribution in [3.05, 3.63) is 107 Å². The maximum Gasteiger partial charge on any atom is 0.307 e. The normalized spacial score (nSPS) is 28.3. The van der Waals surface area contributed by atoms with Gasteiger partial charge < -0.3 is 14.9 Å². The lowest BCUT2D eigenvalue weighted by Crippen LogP contribution is -2.50. The number of carboxylic acid groups (broad SMARTS) is 1. The summed E-state index contributed by atoms with van der Waals surface area (Å²) in [7, 11) is 0. The van der Waals surface area contributed by atoms with E-state index in [9.17, 15) is 20.3 Å². The van der Waals surface area contributed by atoms with Gasteiger partial charge in [0.15, 0.2) is 0 Å². The fourth-order valence-electron chi connectivity index (χ4n) is 7.91. The van der Waals surface area contributed by atoms with Crippen molar-refractivity contribution in [1.29, 1.82) is 5.26 Å². The summed E-state index contributed by atoms with van der Waals surface area (Å²) in [6.07, 6.45) is 10.8. The smallest absolute Gasteiger partial charge is 0.307 e. The van der Waals surface area contributed by atoms with Crippen molar-refractivity contribution in [1.82, 2.24) is 14.8 Å². The van der Waals surface area contributed by atoms with E-state index in [-0.39, 0.29) is 24.7 Å². The van der Waals surface area contributed by atoms with Crippen molar-refractivity contribution in [3.63, 3.8) is 0 Å². The van der Waals surface area contributed by atoms with E-state index in [0.29, 0.717) is 30.8 Å². The van der Waals surface area contributed by atoms with Crippen LogP contribution in [0.5, 0.6) is 5.75 Å². The number of aliphatic hydroxyl groups is 1. The highest BCUT2D eigenvalue weighted by Gasteiger charge is 2.51. The van der Waals surface area contributed by atoms with Crippen molar-refractivity contribution >= 4 is 34.9 Å². The van der Waals surface area contributed by atoms with Gasteiger partial charge in [0.1, 0.15) is 18.4 Å². The third kappa shape index (κ3) is 6.65. The van der Waals surface area contributed by atoms with E-state index in [4.69, 9.17) is 21.3 Å². The number of rotatable bonds is 10. The van der Waals surface area contributed by atoms with E-state index in [1.54, 1.807) is 11.8 Å². The van der Waals surface area contributed by atoms with Crippen molar-refractivity contribution < 1.29 is 19.7 Å². The fraction of sp³-hybridized carbons (Fsp3) is 0.410. The largest absolute Gasteiger partial charge is 0.490 e. The van der Waals surface area contributed by atoms with Gasteiger partial charge in [0.25, 0.3) is 0 Å². The monoisotopic (exact) mass is 696 g/mol. The number of ether oxygens (including phenoxy) is 1. The number of pyridine rings is 1. The number of aliphatic carboxylic acids is 1. The molecule has 2 aliphatic heterocycles. The second-order valence-corrected chi connectivity index (χ2v) is 15.9. The number of aliphatic hydroxyl groups excluding tert-OH is 1. The molecule has 4 aliphatic rings. The van der Waals surface area contributed by atoms with E-state index in [1.807, 2.05) is 49.5 Å². The van der Waals surface area contributed by atoms with Crippen LogP contribution in [-0.4, -0.2) is 79.5 Å². The maximum absolute atomic E-state index is 11.6. The van der Waals surface area contributed by atoms with Crippen LogP contribution in [0.4, 0.5) is 0 Å². The third-order valence-electron chi connectivity index (χ3n) is 10.7. The molecule has 3 aromatic rings. The molecule has 2 fully saturated rings. The van der Waals surface area contributed by atoms with Crippen LogP contribution in [0.3, 0.4) is 0 Å². The predicted octanol–water partition coefficient (Wildman–Crippen LogP) is 6.47. The highest BCUT2D eigenvalue weighted by molar-refractivity contribution is 8.01. The number of carbonyl (C=O) groups is 1. The van der Waals surface area contributed by atoms with Gasteiger partial charge in [-0.15, -0.1) is 11.6 Å². The topological polar surface area (TPSA) is 110 Å². The highest BCUT2D eigenvalue weighted by Crippen LogP contribution is 2.54. The first-order valence-electron chi connectivity index (χ1n) is 17.0. The molecule has 2 aliphatic carbocycles. The van der Waals surface area contributed by atoms with Crippen LogP contribution >= 0.6 is 23.4 Å². The summed E-state index contributed by atoms with van der Waals surface area (Å²) < 4.78 is 5.88. The highest BCUT2D eigenvalue weighted by atomic mass is 35.5. The summed E-state index contributed by atoms with van der Waals surface area (Å²) in [6, 6.07) is 20.8. The standard InChI is InChI=1S/C39H41ClN4O4S/c1-38(40)33(27-6-3-2-4-7-27)8-5-16-39(38,49-36-20-26(13-17-42-36)22-43-18-15-29(45)24-43)25-48-35-12-10-31-30(32(35)21-41)9-11-34(31)44-19-14-28(23-44)37(46)47/h2-8,10,12-13,16-17,20,28-29,34,45H,9,11,14-15,18-19,22-25H2,1H3,(H,46,47)/t28?,29?,34-,38?,39?/m1/s1. The van der Waals surface area contributed by atoms with E-state index in [2.05, 4.69) is 52.3 Å². The van der Waals surface area contributed by atoms with Gasteiger partial charge >= 0.3 is 5.97 Å². The maximum atomic E-state index is 11.6. The zero-order chi connectivity index (χ0) is 34.2. The first-order valence-corrected chi connectivity index (χ1v) is 18.2. The van der Waals surface area contributed by atoms with Crippen LogP contribution < -0.4 is 4.74 Å². The van der Waals surface area contributed by atoms with Gasteiger partial charge in [0.05, 0.1) is 32.2 Å². The molecule has 8 nitrogen and oxygen atoms in total. The van der Waals surface area contributed by atoms with Crippen molar-refractivity contribution in [2.45, 2.75) is 65.9 Å². The molecule has 2 aromatic carbocycles. The lowest BCUT2D eigenvalue weighted by molar-refractivity contribution is -0.141. The number of β-amino-alcohol motifs (C(OH)–C–C–N with tert-alkyl or cyclic N) is 1. The molecule has 7 rings (SSSR count). The molecule has 0 saturated carbocycles. The van der Waals surface area contributed by atoms with Crippen LogP contribution in [0.15, 0.2) is 84.0 Å². The fourth-order valence-corrected chi connectivity index (χ4v) is 9.58. The minimum absolute atomic E-state index is 0.107. The molecule has 5 atom stereocenters. The molecular formula is C39H41ClN4O4S. The van der Waals surface area contributed by atoms with Gasteiger partial charge in [-0.05, 0) is 85.2 Å². The SMILES string of the molecule is CC1(Cl)C(c2ccccc2)=CC=CC1(COc1ccc2c(c1C#N)CC[C@H]2N1CCC(C(=O)O)C1)Sc1cc(CN2CCC(O)C2)ccn1. The molecule has 2 N–H and O–H groups in total. The number of hydrogen-bond acceptors (Lipinski definition) is 8. The molecule has 2 saturated heterocycles. The molecule has 254 valence electrons. The van der Waals surface area contributed by atoms with E-state index in [1.165, 1.54) is 0 Å². The number of aromatic nitrogens is 1. The Hall–Kier alpha value is -3.65. The number of alkyl halides is 1. The lowest BCUT2D eigenvalue weighted by Gasteiger charge is -2.45. The van der Waals surface area contributed by atoms with E-state index < -0.39 is 15.6 Å². The average molecular weight is 697 g/mol. The number of halogens is 1. The average Bonchev–Trinajstić information content (AvgIpc) is 3.85. The van der Waals surface area contributed by atoms with Gasteiger partial charge in [-0.25, -0.2) is 4.98 Å². The zero-order valence-electron chi connectivity index (χ0n) is 27.6. The quantitative estimate of drug-likeness (QED) is 0.231. The number of nitrogens with zero attached hydrogens (tertiary/aromatic N) is 4. The molecular weight excluding hydrogens is 656 g/mol.